The van der Waals surface area contributed by atoms with E-state index in [2.05, 4.69) is 9.97 Å². The Bertz CT molecular complexity index is 987. The van der Waals surface area contributed by atoms with Gasteiger partial charge in [0.15, 0.2) is 11.2 Å². The summed E-state index contributed by atoms with van der Waals surface area (Å²) in [6, 6.07) is 8.16. The van der Waals surface area contributed by atoms with Gasteiger partial charge in [-0.2, -0.15) is 0 Å². The summed E-state index contributed by atoms with van der Waals surface area (Å²) >= 11 is 0. The topological polar surface area (TPSA) is 85.5 Å². The number of amides is 1. The largest absolute Gasteiger partial charge is 0.471 e. The van der Waals surface area contributed by atoms with Gasteiger partial charge in [-0.3, -0.25) is 14.6 Å². The van der Waals surface area contributed by atoms with Crippen molar-refractivity contribution < 1.29 is 13.9 Å². The lowest BCUT2D eigenvalue weighted by Gasteiger charge is -2.32. The molecule has 3 aromatic rings. The number of rotatable bonds is 3. The zero-order valence-electron chi connectivity index (χ0n) is 14.0. The monoisotopic (exact) mass is 351 g/mol. The minimum Gasteiger partial charge on any atom is -0.471 e. The molecular formula is C19H17N3O4. The first-order valence-corrected chi connectivity index (χ1v) is 8.45. The van der Waals surface area contributed by atoms with E-state index in [0.717, 1.165) is 12.8 Å². The number of likely N-dealkylation sites (tertiary alicyclic amines) is 1. The number of para-hydroxylation sites is 1. The normalized spacial score (nSPS) is 17.2. The second-order valence-electron chi connectivity index (χ2n) is 6.15. The molecule has 0 saturated carbocycles. The summed E-state index contributed by atoms with van der Waals surface area (Å²) in [5.41, 5.74) is 0.187. The summed E-state index contributed by atoms with van der Waals surface area (Å²) in [6.07, 6.45) is 6.13. The summed E-state index contributed by atoms with van der Waals surface area (Å²) in [4.78, 5) is 34.7. The van der Waals surface area contributed by atoms with E-state index in [9.17, 15) is 9.59 Å². The van der Waals surface area contributed by atoms with Gasteiger partial charge in [-0.05, 0) is 25.0 Å². The molecule has 1 unspecified atom stereocenters. The average Bonchev–Trinajstić information content (AvgIpc) is 2.68. The van der Waals surface area contributed by atoms with E-state index >= 15 is 0 Å². The Kier molecular flexibility index (Phi) is 4.35. The van der Waals surface area contributed by atoms with Crippen LogP contribution in [0.25, 0.3) is 11.0 Å². The van der Waals surface area contributed by atoms with E-state index < -0.39 is 0 Å². The Morgan fingerprint density at radius 1 is 1.27 bits per heavy atom. The number of nitrogens with zero attached hydrogens (tertiary/aromatic N) is 3. The minimum absolute atomic E-state index is 0.0499. The summed E-state index contributed by atoms with van der Waals surface area (Å²) in [6.45, 7) is 1.00. The van der Waals surface area contributed by atoms with Crippen molar-refractivity contribution in [1.29, 1.82) is 0 Å². The molecule has 0 aliphatic carbocycles. The van der Waals surface area contributed by atoms with Crippen LogP contribution in [0.2, 0.25) is 0 Å². The van der Waals surface area contributed by atoms with Gasteiger partial charge >= 0.3 is 0 Å². The highest BCUT2D eigenvalue weighted by Gasteiger charge is 2.27. The molecule has 1 aromatic carbocycles. The van der Waals surface area contributed by atoms with Gasteiger partial charge in [-0.1, -0.05) is 12.1 Å². The van der Waals surface area contributed by atoms with Crippen molar-refractivity contribution in [2.24, 2.45) is 0 Å². The molecule has 1 aliphatic heterocycles. The number of aromatic nitrogens is 2. The zero-order chi connectivity index (χ0) is 17.9. The fraction of sp³-hybridized carbons (Fsp3) is 0.263. The summed E-state index contributed by atoms with van der Waals surface area (Å²) < 4.78 is 11.5. The standard InChI is InChI=1S/C19H17N3O4/c23-15-10-17(26-16-6-2-1-5-14(15)16)19(24)22-9-3-4-13(12-22)25-18-11-20-7-8-21-18/h1-2,5-8,10-11,13H,3-4,9,12H2. The lowest BCUT2D eigenvalue weighted by molar-refractivity contribution is 0.0500. The highest BCUT2D eigenvalue weighted by Crippen LogP contribution is 2.19. The van der Waals surface area contributed by atoms with Gasteiger partial charge in [-0.15, -0.1) is 0 Å². The average molecular weight is 351 g/mol. The van der Waals surface area contributed by atoms with Gasteiger partial charge in [0.1, 0.15) is 11.7 Å². The van der Waals surface area contributed by atoms with Crippen LogP contribution in [-0.4, -0.2) is 40.0 Å². The number of hydrogen-bond acceptors (Lipinski definition) is 6. The summed E-state index contributed by atoms with van der Waals surface area (Å²) in [5, 5.41) is 0.464. The predicted octanol–water partition coefficient (Wildman–Crippen LogP) is 2.27. The van der Waals surface area contributed by atoms with Crippen molar-refractivity contribution >= 4 is 16.9 Å². The number of piperidine rings is 1. The zero-order valence-corrected chi connectivity index (χ0v) is 14.0. The summed E-state index contributed by atoms with van der Waals surface area (Å²) in [5.74, 6) is 0.179. The van der Waals surface area contributed by atoms with E-state index in [1.807, 2.05) is 0 Å². The van der Waals surface area contributed by atoms with Crippen LogP contribution in [0.15, 0.2) is 58.1 Å². The Labute approximate surface area is 149 Å². The van der Waals surface area contributed by atoms with Crippen LogP contribution in [0.5, 0.6) is 5.88 Å². The second-order valence-corrected chi connectivity index (χ2v) is 6.15. The Morgan fingerprint density at radius 2 is 2.15 bits per heavy atom. The van der Waals surface area contributed by atoms with Gasteiger partial charge in [0.25, 0.3) is 5.91 Å². The van der Waals surface area contributed by atoms with Crippen LogP contribution in [0.3, 0.4) is 0 Å². The lowest BCUT2D eigenvalue weighted by atomic mass is 10.1. The first kappa shape index (κ1) is 16.3. The molecule has 0 N–H and O–H groups in total. The highest BCUT2D eigenvalue weighted by atomic mass is 16.5. The second kappa shape index (κ2) is 6.95. The molecule has 0 bridgehead atoms. The molecule has 2 aromatic heterocycles. The number of hydrogen-bond donors (Lipinski definition) is 0. The molecule has 132 valence electrons. The molecule has 0 spiro atoms. The van der Waals surface area contributed by atoms with Gasteiger partial charge in [0.05, 0.1) is 18.1 Å². The number of carbonyl (C=O) groups is 1. The van der Waals surface area contributed by atoms with E-state index in [1.165, 1.54) is 6.07 Å². The number of benzene rings is 1. The maximum Gasteiger partial charge on any atom is 0.289 e. The van der Waals surface area contributed by atoms with Crippen molar-refractivity contribution in [3.8, 4) is 5.88 Å². The van der Waals surface area contributed by atoms with Crippen LogP contribution in [0.4, 0.5) is 0 Å². The Balaban J connectivity index is 1.53. The fourth-order valence-electron chi connectivity index (χ4n) is 3.10. The lowest BCUT2D eigenvalue weighted by Crippen LogP contribution is -2.44. The van der Waals surface area contributed by atoms with Crippen LogP contribution in [-0.2, 0) is 0 Å². The Hall–Kier alpha value is -3.22. The fourth-order valence-corrected chi connectivity index (χ4v) is 3.10. The van der Waals surface area contributed by atoms with E-state index in [-0.39, 0.29) is 23.2 Å². The van der Waals surface area contributed by atoms with Crippen LogP contribution < -0.4 is 10.2 Å². The van der Waals surface area contributed by atoms with Crippen molar-refractivity contribution in [2.75, 3.05) is 13.1 Å². The van der Waals surface area contributed by atoms with Crippen LogP contribution in [0.1, 0.15) is 23.4 Å². The van der Waals surface area contributed by atoms with Crippen molar-refractivity contribution in [3.63, 3.8) is 0 Å². The maximum atomic E-state index is 12.8. The maximum absolute atomic E-state index is 12.8. The first-order chi connectivity index (χ1) is 12.7. The molecule has 4 rings (SSSR count). The molecule has 26 heavy (non-hydrogen) atoms. The minimum atomic E-state index is -0.305. The smallest absolute Gasteiger partial charge is 0.289 e. The van der Waals surface area contributed by atoms with E-state index in [1.54, 1.807) is 47.8 Å². The van der Waals surface area contributed by atoms with Gasteiger partial charge in [0, 0.05) is 25.0 Å². The predicted molar refractivity (Wildman–Crippen MR) is 94.1 cm³/mol. The molecule has 7 nitrogen and oxygen atoms in total. The molecule has 1 amide bonds. The molecule has 1 fully saturated rings. The number of fused-ring (bicyclic) bond motifs is 1. The molecule has 3 heterocycles. The van der Waals surface area contributed by atoms with Crippen molar-refractivity contribution in [1.82, 2.24) is 14.9 Å². The van der Waals surface area contributed by atoms with Crippen molar-refractivity contribution in [3.05, 3.63) is 64.9 Å². The van der Waals surface area contributed by atoms with Crippen molar-refractivity contribution in [2.45, 2.75) is 18.9 Å². The summed E-state index contributed by atoms with van der Waals surface area (Å²) in [7, 11) is 0. The van der Waals surface area contributed by atoms with Crippen LogP contribution >= 0.6 is 0 Å². The number of ether oxygens (including phenoxy) is 1. The molecular weight excluding hydrogens is 334 g/mol. The third kappa shape index (κ3) is 3.28. The first-order valence-electron chi connectivity index (χ1n) is 8.45. The quantitative estimate of drug-likeness (QED) is 0.719. The highest BCUT2D eigenvalue weighted by molar-refractivity contribution is 5.93. The van der Waals surface area contributed by atoms with Gasteiger partial charge in [-0.25, -0.2) is 4.98 Å². The molecule has 1 saturated heterocycles. The molecule has 1 aliphatic rings. The van der Waals surface area contributed by atoms with E-state index in [0.29, 0.717) is 29.9 Å². The van der Waals surface area contributed by atoms with Gasteiger partial charge in [0.2, 0.25) is 5.88 Å². The SMILES string of the molecule is O=C(c1cc(=O)c2ccccc2o1)N1CCCC(Oc2cnccn2)C1. The van der Waals surface area contributed by atoms with Gasteiger partial charge < -0.3 is 14.1 Å². The molecule has 1 atom stereocenters. The number of carbonyl (C=O) groups excluding carboxylic acids is 1. The molecule has 0 radical (unpaired) electrons. The Morgan fingerprint density at radius 3 is 3.00 bits per heavy atom. The molecule has 7 heteroatoms. The third-order valence-electron chi connectivity index (χ3n) is 4.34. The van der Waals surface area contributed by atoms with Crippen LogP contribution in [0, 0.1) is 0 Å². The third-order valence-corrected chi connectivity index (χ3v) is 4.34. The van der Waals surface area contributed by atoms with E-state index in [4.69, 9.17) is 9.15 Å².